The Balaban J connectivity index is 3.62. The first-order valence-electron chi connectivity index (χ1n) is 5.22. The molecule has 0 aromatic carbocycles. The van der Waals surface area contributed by atoms with Gasteiger partial charge in [0, 0.05) is 26.6 Å². The van der Waals surface area contributed by atoms with E-state index in [1.165, 1.54) is 6.92 Å². The van der Waals surface area contributed by atoms with Gasteiger partial charge in [0.25, 0.3) is 0 Å². The Morgan fingerprint density at radius 2 is 1.80 bits per heavy atom. The Kier molecular flexibility index (Phi) is 9.11. The normalized spacial score (nSPS) is 11.2. The van der Waals surface area contributed by atoms with Crippen LogP contribution in [0.2, 0.25) is 0 Å². The topological polar surface area (TPSA) is 44.8 Å². The van der Waals surface area contributed by atoms with Crippen molar-refractivity contribution in [3.8, 4) is 0 Å². The van der Waals surface area contributed by atoms with E-state index in [1.807, 2.05) is 19.9 Å². The summed E-state index contributed by atoms with van der Waals surface area (Å²) < 4.78 is 15.4. The van der Waals surface area contributed by atoms with Crippen molar-refractivity contribution in [3.63, 3.8) is 0 Å². The third-order valence-corrected chi connectivity index (χ3v) is 1.58. The van der Waals surface area contributed by atoms with E-state index in [-0.39, 0.29) is 12.3 Å². The summed E-state index contributed by atoms with van der Waals surface area (Å²) >= 11 is 0. The Hall–Kier alpha value is -0.870. The smallest absolute Gasteiger partial charge is 0.302 e. The maximum Gasteiger partial charge on any atom is 0.302 e. The van der Waals surface area contributed by atoms with Gasteiger partial charge in [-0.25, -0.2) is 0 Å². The Labute approximate surface area is 91.2 Å². The van der Waals surface area contributed by atoms with E-state index >= 15 is 0 Å². The van der Waals surface area contributed by atoms with Gasteiger partial charge in [0.2, 0.25) is 0 Å². The van der Waals surface area contributed by atoms with Gasteiger partial charge >= 0.3 is 5.97 Å². The number of ether oxygens (including phenoxy) is 3. The van der Waals surface area contributed by atoms with Crippen LogP contribution in [-0.2, 0) is 19.0 Å². The highest BCUT2D eigenvalue weighted by Crippen LogP contribution is 2.01. The van der Waals surface area contributed by atoms with Gasteiger partial charge in [-0.3, -0.25) is 4.79 Å². The number of rotatable bonds is 8. The van der Waals surface area contributed by atoms with E-state index in [0.717, 1.165) is 0 Å². The Morgan fingerprint density at radius 3 is 2.27 bits per heavy atom. The molecule has 0 aromatic rings. The minimum absolute atomic E-state index is 0.200. The van der Waals surface area contributed by atoms with Crippen LogP contribution in [-0.4, -0.2) is 32.1 Å². The fraction of sp³-hybridized carbons (Fsp3) is 0.727. The fourth-order valence-corrected chi connectivity index (χ4v) is 0.997. The molecule has 0 saturated heterocycles. The first-order valence-corrected chi connectivity index (χ1v) is 5.22. The summed E-state index contributed by atoms with van der Waals surface area (Å²) in [7, 11) is 0. The third kappa shape index (κ3) is 9.43. The molecule has 0 N–H and O–H groups in total. The molecule has 0 aliphatic carbocycles. The lowest BCUT2D eigenvalue weighted by Gasteiger charge is -2.14. The van der Waals surface area contributed by atoms with E-state index in [4.69, 9.17) is 14.2 Å². The van der Waals surface area contributed by atoms with Crippen molar-refractivity contribution in [2.45, 2.75) is 33.5 Å². The van der Waals surface area contributed by atoms with Gasteiger partial charge in [-0.05, 0) is 13.8 Å². The molecule has 88 valence electrons. The molecular formula is C11H20O4. The summed E-state index contributed by atoms with van der Waals surface area (Å²) in [4.78, 5) is 10.4. The highest BCUT2D eigenvalue weighted by molar-refractivity contribution is 5.65. The summed E-state index contributed by atoms with van der Waals surface area (Å²) in [6.07, 6.45) is 4.14. The molecule has 0 rings (SSSR count). The van der Waals surface area contributed by atoms with Crippen LogP contribution in [0.3, 0.4) is 0 Å². The second-order valence-corrected chi connectivity index (χ2v) is 2.85. The van der Waals surface area contributed by atoms with Crippen LogP contribution in [0.25, 0.3) is 0 Å². The molecule has 0 bridgehead atoms. The molecule has 0 radical (unpaired) electrons. The zero-order chi connectivity index (χ0) is 11.5. The monoisotopic (exact) mass is 216 g/mol. The van der Waals surface area contributed by atoms with Crippen LogP contribution in [0.4, 0.5) is 0 Å². The van der Waals surface area contributed by atoms with Crippen LogP contribution in [0, 0.1) is 0 Å². The maximum absolute atomic E-state index is 10.4. The highest BCUT2D eigenvalue weighted by atomic mass is 16.7. The van der Waals surface area contributed by atoms with Crippen molar-refractivity contribution in [3.05, 3.63) is 12.2 Å². The van der Waals surface area contributed by atoms with Crippen molar-refractivity contribution in [1.82, 2.24) is 0 Å². The third-order valence-electron chi connectivity index (χ3n) is 1.58. The minimum Gasteiger partial charge on any atom is -0.462 e. The van der Waals surface area contributed by atoms with Gasteiger partial charge < -0.3 is 14.2 Å². The summed E-state index contributed by atoms with van der Waals surface area (Å²) in [5.41, 5.74) is 0. The molecule has 0 heterocycles. The Morgan fingerprint density at radius 1 is 1.20 bits per heavy atom. The zero-order valence-corrected chi connectivity index (χ0v) is 9.69. The van der Waals surface area contributed by atoms with Gasteiger partial charge in [-0.15, -0.1) is 0 Å². The molecule has 0 saturated carbocycles. The highest BCUT2D eigenvalue weighted by Gasteiger charge is 2.03. The SMILES string of the molecule is CCOC(CC=CCOC(C)=O)OCC. The molecule has 4 nitrogen and oxygen atoms in total. The molecule has 4 heteroatoms. The minimum atomic E-state index is -0.272. The summed E-state index contributed by atoms with van der Waals surface area (Å²) in [5, 5.41) is 0. The fourth-order valence-electron chi connectivity index (χ4n) is 0.997. The number of carbonyl (C=O) groups is 1. The van der Waals surface area contributed by atoms with E-state index in [2.05, 4.69) is 0 Å². The van der Waals surface area contributed by atoms with Crippen LogP contribution < -0.4 is 0 Å². The second-order valence-electron chi connectivity index (χ2n) is 2.85. The molecule has 15 heavy (non-hydrogen) atoms. The molecule has 0 aliphatic heterocycles. The van der Waals surface area contributed by atoms with Crippen LogP contribution in [0.5, 0.6) is 0 Å². The Bertz CT molecular complexity index is 183. The quantitative estimate of drug-likeness (QED) is 0.353. The van der Waals surface area contributed by atoms with E-state index in [1.54, 1.807) is 6.08 Å². The van der Waals surface area contributed by atoms with Gasteiger partial charge in [0.05, 0.1) is 0 Å². The van der Waals surface area contributed by atoms with Crippen molar-refractivity contribution < 1.29 is 19.0 Å². The molecule has 0 atom stereocenters. The summed E-state index contributed by atoms with van der Waals surface area (Å²) in [6.45, 7) is 6.80. The van der Waals surface area contributed by atoms with Crippen LogP contribution in [0.1, 0.15) is 27.2 Å². The van der Waals surface area contributed by atoms with Gasteiger partial charge in [0.1, 0.15) is 6.61 Å². The zero-order valence-electron chi connectivity index (χ0n) is 9.69. The van der Waals surface area contributed by atoms with E-state index in [0.29, 0.717) is 26.2 Å². The number of hydrogen-bond donors (Lipinski definition) is 0. The molecule has 0 unspecified atom stereocenters. The lowest BCUT2D eigenvalue weighted by Crippen LogP contribution is -2.16. The van der Waals surface area contributed by atoms with Crippen LogP contribution in [0.15, 0.2) is 12.2 Å². The second kappa shape index (κ2) is 9.68. The average Bonchev–Trinajstić information content (AvgIpc) is 2.17. The van der Waals surface area contributed by atoms with Crippen molar-refractivity contribution in [2.75, 3.05) is 19.8 Å². The summed E-state index contributed by atoms with van der Waals surface area (Å²) in [6, 6.07) is 0. The first-order chi connectivity index (χ1) is 7.20. The molecular weight excluding hydrogens is 196 g/mol. The standard InChI is InChI=1S/C11H20O4/c1-4-13-11(14-5-2)8-6-7-9-15-10(3)12/h6-7,11H,4-5,8-9H2,1-3H3. The van der Waals surface area contributed by atoms with E-state index < -0.39 is 0 Å². The lowest BCUT2D eigenvalue weighted by atomic mass is 10.3. The number of esters is 1. The van der Waals surface area contributed by atoms with Crippen molar-refractivity contribution in [1.29, 1.82) is 0 Å². The molecule has 0 aromatic heterocycles. The molecule has 0 aliphatic rings. The molecule has 0 spiro atoms. The van der Waals surface area contributed by atoms with Crippen molar-refractivity contribution >= 4 is 5.97 Å². The van der Waals surface area contributed by atoms with Crippen molar-refractivity contribution in [2.24, 2.45) is 0 Å². The largest absolute Gasteiger partial charge is 0.462 e. The lowest BCUT2D eigenvalue weighted by molar-refractivity contribution is -0.139. The number of hydrogen-bond acceptors (Lipinski definition) is 4. The van der Waals surface area contributed by atoms with Gasteiger partial charge in [0.15, 0.2) is 6.29 Å². The average molecular weight is 216 g/mol. The molecule has 0 amide bonds. The predicted octanol–water partition coefficient (Wildman–Crippen LogP) is 1.89. The summed E-state index contributed by atoms with van der Waals surface area (Å²) in [5.74, 6) is -0.272. The van der Waals surface area contributed by atoms with E-state index in [9.17, 15) is 4.79 Å². The molecule has 0 fully saturated rings. The first kappa shape index (κ1) is 14.1. The van der Waals surface area contributed by atoms with Gasteiger partial charge in [-0.2, -0.15) is 0 Å². The van der Waals surface area contributed by atoms with Gasteiger partial charge in [-0.1, -0.05) is 12.2 Å². The number of carbonyl (C=O) groups excluding carboxylic acids is 1. The maximum atomic E-state index is 10.4. The predicted molar refractivity (Wildman–Crippen MR) is 57.4 cm³/mol. The van der Waals surface area contributed by atoms with Crippen LogP contribution >= 0.6 is 0 Å².